The minimum atomic E-state index is -0.611. The standard InChI is InChI=1S/C15H25NO4S/c1-11(15(9-17)21-3)16-8-12(18)10-20-14-6-4-5-13(7-14)19-2/h4-7,11-12,15-18H,8-10H2,1-3H3. The van der Waals surface area contributed by atoms with Crippen LogP contribution in [0.1, 0.15) is 6.92 Å². The zero-order valence-corrected chi connectivity index (χ0v) is 13.6. The summed E-state index contributed by atoms with van der Waals surface area (Å²) in [5.41, 5.74) is 0. The van der Waals surface area contributed by atoms with Gasteiger partial charge in [-0.25, -0.2) is 0 Å². The lowest BCUT2D eigenvalue weighted by atomic mass is 10.2. The van der Waals surface area contributed by atoms with Crippen molar-refractivity contribution in [3.05, 3.63) is 24.3 Å². The zero-order valence-electron chi connectivity index (χ0n) is 12.8. The predicted molar refractivity (Wildman–Crippen MR) is 86.3 cm³/mol. The van der Waals surface area contributed by atoms with Crippen molar-refractivity contribution in [3.63, 3.8) is 0 Å². The molecule has 1 aromatic rings. The smallest absolute Gasteiger partial charge is 0.123 e. The molecule has 120 valence electrons. The van der Waals surface area contributed by atoms with Crippen molar-refractivity contribution in [2.45, 2.75) is 24.3 Å². The molecule has 0 saturated carbocycles. The van der Waals surface area contributed by atoms with E-state index < -0.39 is 6.10 Å². The van der Waals surface area contributed by atoms with Crippen LogP contribution in [0.2, 0.25) is 0 Å². The molecule has 0 bridgehead atoms. The van der Waals surface area contributed by atoms with Crippen LogP contribution in [0.25, 0.3) is 0 Å². The summed E-state index contributed by atoms with van der Waals surface area (Å²) in [6, 6.07) is 7.39. The molecule has 0 aliphatic carbocycles. The Morgan fingerprint density at radius 1 is 1.33 bits per heavy atom. The van der Waals surface area contributed by atoms with Crippen LogP contribution in [0.3, 0.4) is 0 Å². The number of thioether (sulfide) groups is 1. The molecule has 0 saturated heterocycles. The number of aliphatic hydroxyl groups excluding tert-OH is 2. The first kappa shape index (κ1) is 18.1. The van der Waals surface area contributed by atoms with Crippen LogP contribution in [0.15, 0.2) is 24.3 Å². The molecule has 5 nitrogen and oxygen atoms in total. The summed E-state index contributed by atoms with van der Waals surface area (Å²) < 4.78 is 10.6. The van der Waals surface area contributed by atoms with Crippen LogP contribution in [-0.2, 0) is 0 Å². The Kier molecular flexibility index (Phi) is 8.52. The normalized spacial score (nSPS) is 15.3. The highest BCUT2D eigenvalue weighted by atomic mass is 32.2. The molecule has 6 heteroatoms. The molecule has 21 heavy (non-hydrogen) atoms. The van der Waals surface area contributed by atoms with E-state index >= 15 is 0 Å². The summed E-state index contributed by atoms with van der Waals surface area (Å²) in [5.74, 6) is 1.39. The number of benzene rings is 1. The number of hydrogen-bond acceptors (Lipinski definition) is 6. The molecular weight excluding hydrogens is 290 g/mol. The maximum atomic E-state index is 9.93. The molecule has 0 aromatic heterocycles. The van der Waals surface area contributed by atoms with Gasteiger partial charge in [-0.05, 0) is 25.3 Å². The van der Waals surface area contributed by atoms with Crippen LogP contribution < -0.4 is 14.8 Å². The third-order valence-electron chi connectivity index (χ3n) is 3.20. The van der Waals surface area contributed by atoms with E-state index in [9.17, 15) is 10.2 Å². The van der Waals surface area contributed by atoms with Crippen LogP contribution >= 0.6 is 11.8 Å². The predicted octanol–water partition coefficient (Wildman–Crippen LogP) is 1.14. The highest BCUT2D eigenvalue weighted by Gasteiger charge is 2.16. The van der Waals surface area contributed by atoms with Crippen molar-refractivity contribution < 1.29 is 19.7 Å². The van der Waals surface area contributed by atoms with Gasteiger partial charge >= 0.3 is 0 Å². The summed E-state index contributed by atoms with van der Waals surface area (Å²) in [6.45, 7) is 2.73. The van der Waals surface area contributed by atoms with Crippen molar-refractivity contribution in [2.24, 2.45) is 0 Å². The number of hydrogen-bond donors (Lipinski definition) is 3. The van der Waals surface area contributed by atoms with Crippen LogP contribution in [-0.4, -0.2) is 60.7 Å². The summed E-state index contributed by atoms with van der Waals surface area (Å²) in [4.78, 5) is 0. The van der Waals surface area contributed by atoms with E-state index in [0.717, 1.165) is 5.75 Å². The number of rotatable bonds is 10. The number of aliphatic hydroxyl groups is 2. The Morgan fingerprint density at radius 2 is 2.05 bits per heavy atom. The lowest BCUT2D eigenvalue weighted by Crippen LogP contribution is -2.42. The third-order valence-corrected chi connectivity index (χ3v) is 4.36. The molecule has 0 aliphatic rings. The molecule has 3 atom stereocenters. The first-order valence-corrected chi connectivity index (χ1v) is 8.21. The van der Waals surface area contributed by atoms with Crippen molar-refractivity contribution >= 4 is 11.8 Å². The van der Waals surface area contributed by atoms with Gasteiger partial charge in [-0.3, -0.25) is 0 Å². The van der Waals surface area contributed by atoms with Gasteiger partial charge in [0.2, 0.25) is 0 Å². The zero-order chi connectivity index (χ0) is 15.7. The Hall–Kier alpha value is -0.950. The van der Waals surface area contributed by atoms with E-state index in [-0.39, 0.29) is 24.5 Å². The first-order valence-electron chi connectivity index (χ1n) is 6.92. The van der Waals surface area contributed by atoms with Crippen molar-refractivity contribution in [2.75, 3.05) is 33.1 Å². The molecule has 0 spiro atoms. The summed E-state index contributed by atoms with van der Waals surface area (Å²) in [7, 11) is 1.60. The van der Waals surface area contributed by atoms with E-state index in [1.807, 2.05) is 31.4 Å². The van der Waals surface area contributed by atoms with Gasteiger partial charge < -0.3 is 25.0 Å². The first-order chi connectivity index (χ1) is 10.1. The van der Waals surface area contributed by atoms with Gasteiger partial charge in [-0.2, -0.15) is 11.8 Å². The monoisotopic (exact) mass is 315 g/mol. The fourth-order valence-electron chi connectivity index (χ4n) is 1.83. The highest BCUT2D eigenvalue weighted by molar-refractivity contribution is 7.99. The summed E-state index contributed by atoms with van der Waals surface area (Å²) in [6.07, 6.45) is 1.35. The van der Waals surface area contributed by atoms with Gasteiger partial charge in [0.05, 0.1) is 13.7 Å². The molecule has 0 fully saturated rings. The lowest BCUT2D eigenvalue weighted by molar-refractivity contribution is 0.103. The second-order valence-electron chi connectivity index (χ2n) is 4.80. The van der Waals surface area contributed by atoms with Crippen molar-refractivity contribution in [3.8, 4) is 11.5 Å². The summed E-state index contributed by atoms with van der Waals surface area (Å²) >= 11 is 1.60. The molecule has 0 amide bonds. The minimum absolute atomic E-state index is 0.117. The number of nitrogens with one attached hydrogen (secondary N) is 1. The van der Waals surface area contributed by atoms with Crippen LogP contribution in [0.4, 0.5) is 0 Å². The van der Waals surface area contributed by atoms with E-state index in [1.54, 1.807) is 24.9 Å². The molecule has 1 aromatic carbocycles. The van der Waals surface area contributed by atoms with Gasteiger partial charge in [0.1, 0.15) is 24.2 Å². The lowest BCUT2D eigenvalue weighted by Gasteiger charge is -2.23. The fraction of sp³-hybridized carbons (Fsp3) is 0.600. The minimum Gasteiger partial charge on any atom is -0.497 e. The van der Waals surface area contributed by atoms with Gasteiger partial charge in [0, 0.05) is 23.9 Å². The van der Waals surface area contributed by atoms with Crippen molar-refractivity contribution in [1.29, 1.82) is 0 Å². The van der Waals surface area contributed by atoms with E-state index in [4.69, 9.17) is 9.47 Å². The molecule has 3 N–H and O–H groups in total. The molecule has 1 rings (SSSR count). The second-order valence-corrected chi connectivity index (χ2v) is 5.87. The summed E-state index contributed by atoms with van der Waals surface area (Å²) in [5, 5.41) is 22.5. The van der Waals surface area contributed by atoms with Gasteiger partial charge in [0.25, 0.3) is 0 Å². The van der Waals surface area contributed by atoms with Gasteiger partial charge in [0.15, 0.2) is 0 Å². The Bertz CT molecular complexity index is 401. The highest BCUT2D eigenvalue weighted by Crippen LogP contribution is 2.18. The largest absolute Gasteiger partial charge is 0.497 e. The molecule has 0 radical (unpaired) electrons. The Labute approximate surface area is 130 Å². The average molecular weight is 315 g/mol. The SMILES string of the molecule is COc1cccc(OCC(O)CNC(C)C(CO)SC)c1. The Balaban J connectivity index is 2.31. The topological polar surface area (TPSA) is 71.0 Å². The van der Waals surface area contributed by atoms with Crippen LogP contribution in [0, 0.1) is 0 Å². The number of methoxy groups -OCH3 is 1. The second kappa shape index (κ2) is 9.89. The van der Waals surface area contributed by atoms with E-state index in [0.29, 0.717) is 12.3 Å². The molecule has 3 unspecified atom stereocenters. The fourth-order valence-corrected chi connectivity index (χ4v) is 2.49. The third kappa shape index (κ3) is 6.56. The number of ether oxygens (including phenoxy) is 2. The van der Waals surface area contributed by atoms with E-state index in [1.165, 1.54) is 0 Å². The maximum absolute atomic E-state index is 9.93. The van der Waals surface area contributed by atoms with Gasteiger partial charge in [-0.1, -0.05) is 6.07 Å². The average Bonchev–Trinajstić information content (AvgIpc) is 2.52. The maximum Gasteiger partial charge on any atom is 0.123 e. The molecule has 0 aliphatic heterocycles. The van der Waals surface area contributed by atoms with Gasteiger partial charge in [-0.15, -0.1) is 0 Å². The molecular formula is C15H25NO4S. The Morgan fingerprint density at radius 3 is 2.67 bits per heavy atom. The quantitative estimate of drug-likeness (QED) is 0.601. The van der Waals surface area contributed by atoms with Crippen LogP contribution in [0.5, 0.6) is 11.5 Å². The van der Waals surface area contributed by atoms with Crippen molar-refractivity contribution in [1.82, 2.24) is 5.32 Å². The van der Waals surface area contributed by atoms with E-state index in [2.05, 4.69) is 5.32 Å². The molecule has 0 heterocycles.